The summed E-state index contributed by atoms with van der Waals surface area (Å²) in [7, 11) is 0. The fraction of sp³-hybridized carbons (Fsp3) is 0.444. The van der Waals surface area contributed by atoms with E-state index >= 15 is 0 Å². The van der Waals surface area contributed by atoms with Gasteiger partial charge in [0.25, 0.3) is 0 Å². The Bertz CT molecular complexity index is 626. The number of aryl methyl sites for hydroxylation is 1. The highest BCUT2D eigenvalue weighted by atomic mass is 16.3. The van der Waals surface area contributed by atoms with Crippen molar-refractivity contribution in [1.82, 2.24) is 4.90 Å². The van der Waals surface area contributed by atoms with E-state index in [9.17, 15) is 10.2 Å². The van der Waals surface area contributed by atoms with E-state index in [2.05, 4.69) is 48.2 Å². The van der Waals surface area contributed by atoms with Gasteiger partial charge < -0.3 is 10.2 Å². The van der Waals surface area contributed by atoms with Gasteiger partial charge in [-0.25, -0.2) is 0 Å². The Labute approximate surface area is 125 Å². The van der Waals surface area contributed by atoms with Crippen LogP contribution in [-0.2, 0) is 6.54 Å². The Hall–Kier alpha value is -1.42. The predicted molar refractivity (Wildman–Crippen MR) is 85.2 cm³/mol. The number of benzene rings is 2. The standard InChI is InChI=1S/C18H23NO2/c1-13-6-7-14(17-5-3-2-4-16(13)17)10-19-9-8-15(12-20)18(21)11-19/h2-7,15,18,20-21H,8-12H2,1H3/t15-,18-/m1/s1. The molecule has 3 nitrogen and oxygen atoms in total. The molecule has 3 heteroatoms. The molecule has 0 aromatic heterocycles. The summed E-state index contributed by atoms with van der Waals surface area (Å²) in [5.41, 5.74) is 2.61. The van der Waals surface area contributed by atoms with Gasteiger partial charge >= 0.3 is 0 Å². The molecule has 3 rings (SSSR count). The van der Waals surface area contributed by atoms with E-state index in [1.165, 1.54) is 21.9 Å². The van der Waals surface area contributed by atoms with Crippen LogP contribution in [0.3, 0.4) is 0 Å². The molecule has 0 unspecified atom stereocenters. The average Bonchev–Trinajstić information content (AvgIpc) is 2.51. The fourth-order valence-corrected chi connectivity index (χ4v) is 3.29. The van der Waals surface area contributed by atoms with E-state index in [-0.39, 0.29) is 12.5 Å². The predicted octanol–water partition coefficient (Wildman–Crippen LogP) is 2.32. The van der Waals surface area contributed by atoms with Gasteiger partial charge in [0.2, 0.25) is 0 Å². The van der Waals surface area contributed by atoms with E-state index in [1.807, 2.05) is 0 Å². The number of aliphatic hydroxyl groups is 2. The molecule has 0 saturated carbocycles. The molecule has 1 saturated heterocycles. The van der Waals surface area contributed by atoms with Gasteiger partial charge in [-0.1, -0.05) is 36.4 Å². The van der Waals surface area contributed by atoms with Crippen molar-refractivity contribution in [2.45, 2.75) is 26.0 Å². The van der Waals surface area contributed by atoms with Crippen LogP contribution in [0.15, 0.2) is 36.4 Å². The van der Waals surface area contributed by atoms with Crippen LogP contribution >= 0.6 is 0 Å². The Morgan fingerprint density at radius 3 is 2.62 bits per heavy atom. The maximum atomic E-state index is 10.1. The minimum absolute atomic E-state index is 0.0380. The Morgan fingerprint density at radius 2 is 1.90 bits per heavy atom. The van der Waals surface area contributed by atoms with E-state index in [4.69, 9.17) is 0 Å². The van der Waals surface area contributed by atoms with Gasteiger partial charge in [-0.2, -0.15) is 0 Å². The van der Waals surface area contributed by atoms with Crippen LogP contribution in [0.25, 0.3) is 10.8 Å². The lowest BCUT2D eigenvalue weighted by Gasteiger charge is -2.35. The molecule has 2 N–H and O–H groups in total. The molecule has 0 spiro atoms. The van der Waals surface area contributed by atoms with Crippen molar-refractivity contribution >= 4 is 10.8 Å². The number of likely N-dealkylation sites (tertiary alicyclic amines) is 1. The number of hydrogen-bond donors (Lipinski definition) is 2. The van der Waals surface area contributed by atoms with Gasteiger partial charge in [-0.3, -0.25) is 4.90 Å². The Balaban J connectivity index is 1.81. The molecular formula is C18H23NO2. The molecule has 1 aliphatic heterocycles. The zero-order valence-corrected chi connectivity index (χ0v) is 12.5. The van der Waals surface area contributed by atoms with Crippen molar-refractivity contribution in [3.63, 3.8) is 0 Å². The van der Waals surface area contributed by atoms with E-state index < -0.39 is 6.10 Å². The van der Waals surface area contributed by atoms with Crippen molar-refractivity contribution < 1.29 is 10.2 Å². The minimum atomic E-state index is -0.416. The first-order chi connectivity index (χ1) is 10.2. The maximum Gasteiger partial charge on any atom is 0.0717 e. The lowest BCUT2D eigenvalue weighted by molar-refractivity contribution is -0.00432. The maximum absolute atomic E-state index is 10.1. The second-order valence-electron chi connectivity index (χ2n) is 6.12. The first kappa shape index (κ1) is 14.5. The molecule has 2 aromatic rings. The number of β-amino-alcohol motifs (C(OH)–C–C–N with tert-alkyl or cyclic N) is 1. The summed E-state index contributed by atoms with van der Waals surface area (Å²) in [6, 6.07) is 12.9. The van der Waals surface area contributed by atoms with E-state index in [1.54, 1.807) is 0 Å². The highest BCUT2D eigenvalue weighted by Crippen LogP contribution is 2.25. The summed E-state index contributed by atoms with van der Waals surface area (Å²) in [5, 5.41) is 21.9. The molecule has 112 valence electrons. The average molecular weight is 285 g/mol. The van der Waals surface area contributed by atoms with Crippen LogP contribution in [0.1, 0.15) is 17.5 Å². The molecular weight excluding hydrogens is 262 g/mol. The number of aliphatic hydroxyl groups excluding tert-OH is 2. The molecule has 1 fully saturated rings. The van der Waals surface area contributed by atoms with Gasteiger partial charge in [0.15, 0.2) is 0 Å². The normalized spacial score (nSPS) is 23.6. The summed E-state index contributed by atoms with van der Waals surface area (Å²) in [6.45, 7) is 4.67. The molecule has 2 aromatic carbocycles. The summed E-state index contributed by atoms with van der Waals surface area (Å²) in [5.74, 6) is 0.0380. The molecule has 0 amide bonds. The third-order valence-corrected chi connectivity index (χ3v) is 4.67. The smallest absolute Gasteiger partial charge is 0.0717 e. The van der Waals surface area contributed by atoms with Crippen LogP contribution in [0.5, 0.6) is 0 Å². The Morgan fingerprint density at radius 1 is 1.14 bits per heavy atom. The number of nitrogens with zero attached hydrogens (tertiary/aromatic N) is 1. The van der Waals surface area contributed by atoms with Crippen LogP contribution < -0.4 is 0 Å². The van der Waals surface area contributed by atoms with Crippen LogP contribution in [0, 0.1) is 12.8 Å². The van der Waals surface area contributed by atoms with Crippen molar-refractivity contribution in [1.29, 1.82) is 0 Å². The summed E-state index contributed by atoms with van der Waals surface area (Å²) in [6.07, 6.45) is 0.446. The quantitative estimate of drug-likeness (QED) is 0.909. The molecule has 0 radical (unpaired) electrons. The third kappa shape index (κ3) is 2.95. The second-order valence-corrected chi connectivity index (χ2v) is 6.12. The summed E-state index contributed by atoms with van der Waals surface area (Å²) >= 11 is 0. The van der Waals surface area contributed by atoms with Gasteiger partial charge in [-0.15, -0.1) is 0 Å². The molecule has 1 heterocycles. The van der Waals surface area contributed by atoms with E-state index in [0.29, 0.717) is 6.54 Å². The lowest BCUT2D eigenvalue weighted by Crippen LogP contribution is -2.44. The number of fused-ring (bicyclic) bond motifs is 1. The molecule has 0 aliphatic carbocycles. The fourth-order valence-electron chi connectivity index (χ4n) is 3.29. The van der Waals surface area contributed by atoms with Crippen molar-refractivity contribution in [2.24, 2.45) is 5.92 Å². The zero-order valence-electron chi connectivity index (χ0n) is 12.5. The van der Waals surface area contributed by atoms with Gasteiger partial charge in [0.1, 0.15) is 0 Å². The van der Waals surface area contributed by atoms with Gasteiger partial charge in [0, 0.05) is 25.6 Å². The minimum Gasteiger partial charge on any atom is -0.396 e. The third-order valence-electron chi connectivity index (χ3n) is 4.67. The SMILES string of the molecule is Cc1ccc(CN2CC[C@H](CO)[C@H](O)C2)c2ccccc12. The summed E-state index contributed by atoms with van der Waals surface area (Å²) in [4.78, 5) is 2.29. The molecule has 1 aliphatic rings. The zero-order chi connectivity index (χ0) is 14.8. The highest BCUT2D eigenvalue weighted by molar-refractivity contribution is 5.88. The van der Waals surface area contributed by atoms with Crippen LogP contribution in [-0.4, -0.2) is 40.9 Å². The number of piperidine rings is 1. The number of hydrogen-bond acceptors (Lipinski definition) is 3. The Kier molecular flexibility index (Phi) is 4.24. The van der Waals surface area contributed by atoms with Crippen molar-refractivity contribution in [3.05, 3.63) is 47.5 Å². The second kappa shape index (κ2) is 6.14. The first-order valence-electron chi connectivity index (χ1n) is 7.67. The van der Waals surface area contributed by atoms with Gasteiger partial charge in [0.05, 0.1) is 6.10 Å². The molecule has 2 atom stereocenters. The lowest BCUT2D eigenvalue weighted by atomic mass is 9.93. The monoisotopic (exact) mass is 285 g/mol. The van der Waals surface area contributed by atoms with Crippen LogP contribution in [0.4, 0.5) is 0 Å². The number of rotatable bonds is 3. The highest BCUT2D eigenvalue weighted by Gasteiger charge is 2.27. The van der Waals surface area contributed by atoms with Crippen LogP contribution in [0.2, 0.25) is 0 Å². The molecule has 0 bridgehead atoms. The van der Waals surface area contributed by atoms with Crippen molar-refractivity contribution in [2.75, 3.05) is 19.7 Å². The first-order valence-corrected chi connectivity index (χ1v) is 7.67. The topological polar surface area (TPSA) is 43.7 Å². The molecule has 21 heavy (non-hydrogen) atoms. The van der Waals surface area contributed by atoms with Gasteiger partial charge in [-0.05, 0) is 41.8 Å². The van der Waals surface area contributed by atoms with Crippen molar-refractivity contribution in [3.8, 4) is 0 Å². The van der Waals surface area contributed by atoms with E-state index in [0.717, 1.165) is 19.5 Å². The summed E-state index contributed by atoms with van der Waals surface area (Å²) < 4.78 is 0. The largest absolute Gasteiger partial charge is 0.396 e.